The minimum Gasteiger partial charge on any atom is -0.346 e. The highest BCUT2D eigenvalue weighted by molar-refractivity contribution is 5.91. The number of nitrogens with one attached hydrogen (secondary N) is 1. The van der Waals surface area contributed by atoms with Gasteiger partial charge in [0, 0.05) is 12.6 Å². The fraction of sp³-hybridized carbons (Fsp3) is 0.273. The molecule has 0 aromatic heterocycles. The van der Waals surface area contributed by atoms with Gasteiger partial charge in [-0.15, -0.1) is 0 Å². The van der Waals surface area contributed by atoms with Crippen LogP contribution < -0.4 is 5.32 Å². The van der Waals surface area contributed by atoms with E-state index in [0.29, 0.717) is 5.56 Å². The maximum absolute atomic E-state index is 10.8. The van der Waals surface area contributed by atoms with Crippen LogP contribution in [-0.4, -0.2) is 19.7 Å². The summed E-state index contributed by atoms with van der Waals surface area (Å²) in [7, 11) is 1.68. The highest BCUT2D eigenvalue weighted by atomic mass is 16.1. The topological polar surface area (TPSA) is 41.5 Å². The molecular formula is C11H14N2O. The molecule has 0 fully saturated rings. The quantitative estimate of drug-likeness (QED) is 0.449. The van der Waals surface area contributed by atoms with Crippen molar-refractivity contribution in [2.75, 3.05) is 12.4 Å². The van der Waals surface area contributed by atoms with E-state index in [1.165, 1.54) is 0 Å². The number of hydrogen-bond donors (Lipinski definition) is 1. The molecule has 1 aromatic rings. The van der Waals surface area contributed by atoms with Crippen LogP contribution in [0.4, 0.5) is 5.69 Å². The van der Waals surface area contributed by atoms with E-state index >= 15 is 0 Å². The molecule has 0 heterocycles. The van der Waals surface area contributed by atoms with Crippen LogP contribution in [0.1, 0.15) is 22.8 Å². The van der Waals surface area contributed by atoms with E-state index in [1.54, 1.807) is 19.5 Å². The van der Waals surface area contributed by atoms with Gasteiger partial charge < -0.3 is 5.32 Å². The molecule has 0 radical (unpaired) electrons. The van der Waals surface area contributed by atoms with Gasteiger partial charge in [0.2, 0.25) is 0 Å². The smallest absolute Gasteiger partial charge is 0.152 e. The van der Waals surface area contributed by atoms with Crippen molar-refractivity contribution >= 4 is 18.3 Å². The molecule has 0 atom stereocenters. The number of carbonyl (C=O) groups excluding carboxylic acids is 1. The second kappa shape index (κ2) is 5.17. The minimum absolute atomic E-state index is 0.671. The van der Waals surface area contributed by atoms with E-state index in [0.717, 1.165) is 24.0 Å². The Morgan fingerprint density at radius 3 is 2.86 bits per heavy atom. The number of para-hydroxylation sites is 1. The first kappa shape index (κ1) is 10.4. The second-order valence-corrected chi connectivity index (χ2v) is 2.88. The Hall–Kier alpha value is -1.64. The number of aryl methyl sites for hydroxylation is 1. The number of rotatable bonds is 4. The molecule has 0 saturated carbocycles. The zero-order valence-electron chi connectivity index (χ0n) is 8.45. The lowest BCUT2D eigenvalue weighted by Crippen LogP contribution is -2.02. The number of aldehydes is 1. The number of nitrogens with zero attached hydrogens (tertiary/aromatic N) is 1. The Balaban J connectivity index is 3.11. The lowest BCUT2D eigenvalue weighted by Gasteiger charge is -2.09. The second-order valence-electron chi connectivity index (χ2n) is 2.88. The summed E-state index contributed by atoms with van der Waals surface area (Å²) in [6.07, 6.45) is 3.33. The highest BCUT2D eigenvalue weighted by Crippen LogP contribution is 2.19. The fourth-order valence-electron chi connectivity index (χ4n) is 1.32. The van der Waals surface area contributed by atoms with E-state index in [2.05, 4.69) is 17.2 Å². The van der Waals surface area contributed by atoms with Crippen LogP contribution in [0, 0.1) is 0 Å². The predicted molar refractivity (Wildman–Crippen MR) is 59.2 cm³/mol. The monoisotopic (exact) mass is 190 g/mol. The van der Waals surface area contributed by atoms with Crippen LogP contribution in [0.2, 0.25) is 0 Å². The molecule has 1 aromatic carbocycles. The summed E-state index contributed by atoms with van der Waals surface area (Å²) in [5.41, 5.74) is 2.65. The van der Waals surface area contributed by atoms with Gasteiger partial charge in [0.1, 0.15) is 0 Å². The third-order valence-electron chi connectivity index (χ3n) is 2.03. The van der Waals surface area contributed by atoms with Crippen molar-refractivity contribution in [3.8, 4) is 0 Å². The predicted octanol–water partition coefficient (Wildman–Crippen LogP) is 2.13. The Labute approximate surface area is 83.9 Å². The highest BCUT2D eigenvalue weighted by Gasteiger charge is 2.04. The van der Waals surface area contributed by atoms with Gasteiger partial charge in [-0.2, -0.15) is 0 Å². The molecule has 0 aliphatic rings. The summed E-state index contributed by atoms with van der Waals surface area (Å²) in [4.78, 5) is 14.6. The Kier molecular flexibility index (Phi) is 3.85. The Bertz CT molecular complexity index is 345. The number of hydrogen-bond acceptors (Lipinski definition) is 2. The molecule has 0 aliphatic heterocycles. The van der Waals surface area contributed by atoms with Crippen molar-refractivity contribution in [3.05, 3.63) is 29.3 Å². The van der Waals surface area contributed by atoms with E-state index in [1.807, 2.05) is 12.1 Å². The molecule has 14 heavy (non-hydrogen) atoms. The van der Waals surface area contributed by atoms with Gasteiger partial charge in [0.15, 0.2) is 6.29 Å². The lowest BCUT2D eigenvalue weighted by molar-refractivity contribution is 0.112. The van der Waals surface area contributed by atoms with Crippen LogP contribution in [0.3, 0.4) is 0 Å². The third-order valence-corrected chi connectivity index (χ3v) is 2.03. The third kappa shape index (κ3) is 2.19. The van der Waals surface area contributed by atoms with Crippen LogP contribution in [-0.2, 0) is 6.42 Å². The first-order chi connectivity index (χ1) is 6.83. The van der Waals surface area contributed by atoms with Gasteiger partial charge in [0.05, 0.1) is 12.0 Å². The first-order valence-corrected chi connectivity index (χ1v) is 4.57. The van der Waals surface area contributed by atoms with Crippen LogP contribution in [0.25, 0.3) is 0 Å². The van der Waals surface area contributed by atoms with Crippen molar-refractivity contribution in [3.63, 3.8) is 0 Å². The molecule has 0 unspecified atom stereocenters. The average molecular weight is 190 g/mol. The number of carbonyl (C=O) groups is 1. The molecule has 0 bridgehead atoms. The molecule has 3 nitrogen and oxygen atoms in total. The standard InChI is InChI=1S/C11H14N2O/c1-3-9-5-4-6-10(7-14)11(9)13-8-12-2/h4-8H,3H2,1-2H3,(H,12,13). The lowest BCUT2D eigenvalue weighted by atomic mass is 10.1. The van der Waals surface area contributed by atoms with E-state index in [4.69, 9.17) is 0 Å². The molecule has 0 spiro atoms. The molecular weight excluding hydrogens is 176 g/mol. The van der Waals surface area contributed by atoms with Crippen molar-refractivity contribution in [1.29, 1.82) is 0 Å². The molecule has 0 aliphatic carbocycles. The van der Waals surface area contributed by atoms with E-state index in [-0.39, 0.29) is 0 Å². The number of anilines is 1. The zero-order chi connectivity index (χ0) is 10.4. The van der Waals surface area contributed by atoms with Crippen molar-refractivity contribution in [2.45, 2.75) is 13.3 Å². The molecule has 3 heteroatoms. The van der Waals surface area contributed by atoms with Crippen molar-refractivity contribution < 1.29 is 4.79 Å². The molecule has 1 rings (SSSR count). The maximum atomic E-state index is 10.8. The molecule has 0 saturated heterocycles. The summed E-state index contributed by atoms with van der Waals surface area (Å²) in [6.45, 7) is 2.05. The van der Waals surface area contributed by atoms with Gasteiger partial charge in [0.25, 0.3) is 0 Å². The zero-order valence-corrected chi connectivity index (χ0v) is 8.45. The Morgan fingerprint density at radius 1 is 1.50 bits per heavy atom. The van der Waals surface area contributed by atoms with Gasteiger partial charge in [-0.05, 0) is 18.1 Å². The normalized spacial score (nSPS) is 10.4. The number of benzene rings is 1. The van der Waals surface area contributed by atoms with Crippen LogP contribution in [0.15, 0.2) is 23.2 Å². The first-order valence-electron chi connectivity index (χ1n) is 4.57. The summed E-state index contributed by atoms with van der Waals surface area (Å²) < 4.78 is 0. The minimum atomic E-state index is 0.671. The summed E-state index contributed by atoms with van der Waals surface area (Å²) in [6, 6.07) is 5.67. The SMILES string of the molecule is CCc1cccc(C=O)c1NC=NC. The van der Waals surface area contributed by atoms with E-state index in [9.17, 15) is 4.79 Å². The van der Waals surface area contributed by atoms with Gasteiger partial charge in [-0.3, -0.25) is 9.79 Å². The van der Waals surface area contributed by atoms with Crippen molar-refractivity contribution in [1.82, 2.24) is 0 Å². The van der Waals surface area contributed by atoms with Crippen LogP contribution >= 0.6 is 0 Å². The van der Waals surface area contributed by atoms with Gasteiger partial charge >= 0.3 is 0 Å². The van der Waals surface area contributed by atoms with Crippen LogP contribution in [0.5, 0.6) is 0 Å². The maximum Gasteiger partial charge on any atom is 0.152 e. The van der Waals surface area contributed by atoms with Gasteiger partial charge in [-0.25, -0.2) is 0 Å². The largest absolute Gasteiger partial charge is 0.346 e. The van der Waals surface area contributed by atoms with Crippen molar-refractivity contribution in [2.24, 2.45) is 4.99 Å². The molecule has 74 valence electrons. The summed E-state index contributed by atoms with van der Waals surface area (Å²) in [5, 5.41) is 3.01. The fourth-order valence-corrected chi connectivity index (χ4v) is 1.32. The number of aliphatic imine (C=N–C) groups is 1. The molecule has 0 amide bonds. The molecule has 1 N–H and O–H groups in total. The average Bonchev–Trinajstić information content (AvgIpc) is 2.25. The summed E-state index contributed by atoms with van der Waals surface area (Å²) >= 11 is 0. The van der Waals surface area contributed by atoms with E-state index < -0.39 is 0 Å². The summed E-state index contributed by atoms with van der Waals surface area (Å²) in [5.74, 6) is 0. The Morgan fingerprint density at radius 2 is 2.29 bits per heavy atom. The van der Waals surface area contributed by atoms with Gasteiger partial charge in [-0.1, -0.05) is 19.1 Å².